The summed E-state index contributed by atoms with van der Waals surface area (Å²) in [4.78, 5) is 41.0. The highest BCUT2D eigenvalue weighted by Gasteiger charge is 2.39. The third-order valence-corrected chi connectivity index (χ3v) is 13.4. The molecule has 3 amide bonds. The van der Waals surface area contributed by atoms with Gasteiger partial charge in [0.2, 0.25) is 0 Å². The summed E-state index contributed by atoms with van der Waals surface area (Å²) in [5.74, 6) is -7.95. The highest BCUT2D eigenvalue weighted by Crippen LogP contribution is 2.40. The number of hydrogen-bond acceptors (Lipinski definition) is 8. The van der Waals surface area contributed by atoms with Crippen LogP contribution in [0.5, 0.6) is 11.5 Å². The van der Waals surface area contributed by atoms with Crippen LogP contribution in [-0.4, -0.2) is 109 Å². The number of nitrogens with one attached hydrogen (secondary N) is 1. The molecular formula is C52H51F13N6O7. The Kier molecular flexibility index (Phi) is 18.3. The number of methoxy groups -OCH3 is 2. The van der Waals surface area contributed by atoms with Crippen LogP contribution in [-0.2, 0) is 40.4 Å². The van der Waals surface area contributed by atoms with Gasteiger partial charge in [0.1, 0.15) is 34.8 Å². The van der Waals surface area contributed by atoms with Gasteiger partial charge >= 0.3 is 24.8 Å². The second-order valence-corrected chi connectivity index (χ2v) is 18.3. The third-order valence-electron chi connectivity index (χ3n) is 13.4. The Morgan fingerprint density at radius 2 is 0.962 bits per heavy atom. The van der Waals surface area contributed by atoms with E-state index in [-0.39, 0.29) is 128 Å². The van der Waals surface area contributed by atoms with Crippen molar-refractivity contribution in [2.24, 2.45) is 5.73 Å². The largest absolute Gasteiger partial charge is 0.573 e. The molecule has 0 atom stereocenters. The minimum Gasteiger partial charge on any atom is -0.405 e. The van der Waals surface area contributed by atoms with E-state index < -0.39 is 78.0 Å². The van der Waals surface area contributed by atoms with Gasteiger partial charge in [-0.1, -0.05) is 24.3 Å². The summed E-state index contributed by atoms with van der Waals surface area (Å²) in [6.07, 6.45) is -11.3. The summed E-state index contributed by atoms with van der Waals surface area (Å²) in [6, 6.07) is 11.7. The number of ether oxygens (including phenoxy) is 4. The maximum Gasteiger partial charge on any atom is 0.573 e. The van der Waals surface area contributed by atoms with Crippen molar-refractivity contribution in [1.29, 1.82) is 0 Å². The van der Waals surface area contributed by atoms with Gasteiger partial charge in [0.25, 0.3) is 11.8 Å². The highest BCUT2D eigenvalue weighted by molar-refractivity contribution is 6.10. The minimum atomic E-state index is -5.10. The number of hydrogen-bond donors (Lipinski definition) is 2. The molecular weight excluding hydrogens is 1070 g/mol. The summed E-state index contributed by atoms with van der Waals surface area (Å²) in [5.41, 5.74) is 6.69. The number of fused-ring (bicyclic) bond motifs is 2. The van der Waals surface area contributed by atoms with Gasteiger partial charge in [0.05, 0.1) is 46.1 Å². The lowest BCUT2D eigenvalue weighted by Crippen LogP contribution is -2.38. The summed E-state index contributed by atoms with van der Waals surface area (Å²) in [6.45, 7) is 0.819. The number of carbonyl (C=O) groups is 3. The normalized spacial score (nSPS) is 14.9. The zero-order valence-electron chi connectivity index (χ0n) is 41.6. The molecule has 0 aliphatic carbocycles. The first kappa shape index (κ1) is 58.6. The van der Waals surface area contributed by atoms with Crippen molar-refractivity contribution < 1.29 is 90.4 Å². The molecule has 2 saturated heterocycles. The van der Waals surface area contributed by atoms with Crippen molar-refractivity contribution in [3.63, 3.8) is 0 Å². The molecule has 0 bridgehead atoms. The number of nitrogens with two attached hydrogens (primary N) is 1. The summed E-state index contributed by atoms with van der Waals surface area (Å²) in [5, 5.41) is 1.12. The average molecular weight is 1120 g/mol. The van der Waals surface area contributed by atoms with Gasteiger partial charge in [0, 0.05) is 79.0 Å². The Bertz CT molecular complexity index is 3120. The molecule has 2 aliphatic rings. The second-order valence-electron chi connectivity index (χ2n) is 18.3. The van der Waals surface area contributed by atoms with Gasteiger partial charge in [-0.2, -0.15) is 13.2 Å². The van der Waals surface area contributed by atoms with Crippen LogP contribution in [0.2, 0.25) is 0 Å². The Labute approximate surface area is 436 Å². The van der Waals surface area contributed by atoms with Crippen LogP contribution in [0.15, 0.2) is 73.1 Å². The first-order valence-electron chi connectivity index (χ1n) is 24.1. The number of amides is 3. The molecule has 2 aliphatic heterocycles. The van der Waals surface area contributed by atoms with Crippen LogP contribution in [0.3, 0.4) is 0 Å². The molecule has 0 unspecified atom stereocenters. The van der Waals surface area contributed by atoms with Crippen molar-refractivity contribution >= 4 is 39.5 Å². The number of carbonyl (C=O) groups excluding carboxylic acids is 3. The molecule has 4 heterocycles. The quantitative estimate of drug-likeness (QED) is 0.0968. The first-order valence-corrected chi connectivity index (χ1v) is 24.1. The van der Waals surface area contributed by atoms with E-state index in [0.29, 0.717) is 18.4 Å². The number of halogens is 13. The van der Waals surface area contributed by atoms with Crippen molar-refractivity contribution in [2.75, 3.05) is 53.6 Å². The van der Waals surface area contributed by atoms with Gasteiger partial charge in [-0.25, -0.2) is 17.6 Å². The topological polar surface area (TPSA) is 143 Å². The van der Waals surface area contributed by atoms with Gasteiger partial charge in [-0.3, -0.25) is 14.4 Å². The number of rotatable bonds is 15. The number of alkyl halides is 9. The summed E-state index contributed by atoms with van der Waals surface area (Å²) in [7, 11) is 2.82. The average Bonchev–Trinajstić information content (AvgIpc) is 4.20. The molecule has 2 fully saturated rings. The van der Waals surface area contributed by atoms with E-state index in [4.69, 9.17) is 15.2 Å². The first-order chi connectivity index (χ1) is 36.8. The van der Waals surface area contributed by atoms with Crippen LogP contribution >= 0.6 is 0 Å². The van der Waals surface area contributed by atoms with E-state index in [1.165, 1.54) is 63.7 Å². The molecule has 3 N–H and O–H groups in total. The smallest absolute Gasteiger partial charge is 0.405 e. The Hall–Kier alpha value is -7.06. The molecule has 0 saturated carbocycles. The van der Waals surface area contributed by atoms with E-state index in [1.54, 1.807) is 17.4 Å². The van der Waals surface area contributed by atoms with E-state index in [9.17, 15) is 71.5 Å². The van der Waals surface area contributed by atoms with Crippen LogP contribution in [0.4, 0.5) is 57.1 Å². The van der Waals surface area contributed by atoms with Gasteiger partial charge in [0.15, 0.2) is 0 Å². The molecule has 422 valence electrons. The van der Waals surface area contributed by atoms with Crippen molar-refractivity contribution in [3.8, 4) is 11.5 Å². The number of likely N-dealkylation sites (tertiary alicyclic amines) is 2. The molecule has 78 heavy (non-hydrogen) atoms. The number of aromatic nitrogens is 2. The fourth-order valence-electron chi connectivity index (χ4n) is 9.68. The van der Waals surface area contributed by atoms with Gasteiger partial charge in [-0.15, -0.1) is 26.3 Å². The maximum atomic E-state index is 14.8. The molecule has 0 spiro atoms. The monoisotopic (exact) mass is 1120 g/mol. The second kappa shape index (κ2) is 24.3. The Morgan fingerprint density at radius 3 is 1.33 bits per heavy atom. The zero-order chi connectivity index (χ0) is 56.9. The predicted octanol–water partition coefficient (Wildman–Crippen LogP) is 10.6. The standard InChI is InChI=1S/C27H25F8N3O4.C25H26F5N3O3/c1-41-11-10-38-14-18(22-21(42-27(33,34)35)5-4-20(29)23(22)38)24(39)37-8-6-16(7-9-37)17-12-15(2-3-19(17)28)13-36-25(40)26(30,31)32;1-35-11-10-33-14-18(22-21(36-25(28,29)30)5-4-20(27)23(22)33)24(34)32-8-6-16(7-9-32)17-12-15(13-31)2-3-19(17)26/h2-5,12,14,16H,6-11,13H2,1H3,(H,36,40);2-5,12,14,16H,6-11,13,31H2,1H3. The number of benzene rings is 4. The lowest BCUT2D eigenvalue weighted by Gasteiger charge is -2.32. The van der Waals surface area contributed by atoms with E-state index in [0.717, 1.165) is 35.9 Å². The fourth-order valence-corrected chi connectivity index (χ4v) is 9.68. The van der Waals surface area contributed by atoms with E-state index in [1.807, 2.05) is 0 Å². The van der Waals surface area contributed by atoms with Crippen LogP contribution < -0.4 is 20.5 Å². The molecule has 13 nitrogen and oxygen atoms in total. The molecule has 4 aromatic carbocycles. The Morgan fingerprint density at radius 1 is 0.577 bits per heavy atom. The van der Waals surface area contributed by atoms with Crippen molar-refractivity contribution in [3.05, 3.63) is 130 Å². The van der Waals surface area contributed by atoms with Crippen LogP contribution in [0.1, 0.15) is 80.5 Å². The van der Waals surface area contributed by atoms with E-state index in [2.05, 4.69) is 9.47 Å². The lowest BCUT2D eigenvalue weighted by atomic mass is 9.88. The van der Waals surface area contributed by atoms with Crippen LogP contribution in [0, 0.1) is 23.3 Å². The molecule has 2 aromatic heterocycles. The number of nitrogens with zero attached hydrogens (tertiary/aromatic N) is 4. The summed E-state index contributed by atoms with van der Waals surface area (Å²) < 4.78 is 196. The van der Waals surface area contributed by atoms with E-state index >= 15 is 0 Å². The van der Waals surface area contributed by atoms with Crippen molar-refractivity contribution in [2.45, 2.75) is 82.6 Å². The fraction of sp³-hybridized carbons (Fsp3) is 0.404. The SMILES string of the molecule is COCCn1cc(C(=O)N2CCC(c3cc(CN)ccc3F)CC2)c2c(OC(F)(F)F)ccc(F)c21.COCCn1cc(C(=O)N2CCC(c3cc(CNC(=O)C(F)(F)F)ccc3F)CC2)c2c(OC(F)(F)F)ccc(F)c21. The zero-order valence-corrected chi connectivity index (χ0v) is 41.6. The van der Waals surface area contributed by atoms with Gasteiger partial charge in [-0.05, 0) is 96.2 Å². The number of piperidine rings is 2. The predicted molar refractivity (Wildman–Crippen MR) is 255 cm³/mol. The summed E-state index contributed by atoms with van der Waals surface area (Å²) >= 11 is 0. The molecule has 6 aromatic rings. The highest BCUT2D eigenvalue weighted by atomic mass is 19.4. The third kappa shape index (κ3) is 13.8. The van der Waals surface area contributed by atoms with Crippen molar-refractivity contribution in [1.82, 2.24) is 24.3 Å². The minimum absolute atomic E-state index is 0.0355. The van der Waals surface area contributed by atoms with Crippen LogP contribution in [0.25, 0.3) is 21.8 Å². The lowest BCUT2D eigenvalue weighted by molar-refractivity contribution is -0.275. The molecule has 8 rings (SSSR count). The molecule has 0 radical (unpaired) electrons. The van der Waals surface area contributed by atoms with Gasteiger partial charge < -0.3 is 48.9 Å². The Balaban J connectivity index is 0.000000229. The molecule has 26 heteroatoms. The maximum absolute atomic E-state index is 14.8.